The van der Waals surface area contributed by atoms with Gasteiger partial charge in [0, 0.05) is 18.8 Å². The Balaban J connectivity index is 1.38. The van der Waals surface area contributed by atoms with Crippen LogP contribution in [0.3, 0.4) is 0 Å². The summed E-state index contributed by atoms with van der Waals surface area (Å²) < 4.78 is 0. The van der Waals surface area contributed by atoms with Crippen molar-refractivity contribution < 1.29 is 4.79 Å². The van der Waals surface area contributed by atoms with Crippen LogP contribution in [0, 0.1) is 0 Å². The van der Waals surface area contributed by atoms with E-state index in [1.807, 2.05) is 6.07 Å². The molecular weight excluding hydrogens is 340 g/mol. The van der Waals surface area contributed by atoms with E-state index in [4.69, 9.17) is 0 Å². The van der Waals surface area contributed by atoms with Gasteiger partial charge in [0.05, 0.1) is 9.88 Å². The number of hydrogen-bond donors (Lipinski definition) is 1. The third-order valence-electron chi connectivity index (χ3n) is 5.31. The van der Waals surface area contributed by atoms with Gasteiger partial charge >= 0.3 is 0 Å². The molecule has 0 unspecified atom stereocenters. The molecule has 3 nitrogen and oxygen atoms in total. The largest absolute Gasteiger partial charge is 0.351 e. The van der Waals surface area contributed by atoms with Gasteiger partial charge in [-0.2, -0.15) is 0 Å². The Morgan fingerprint density at radius 1 is 1.08 bits per heavy atom. The van der Waals surface area contributed by atoms with Gasteiger partial charge in [-0.05, 0) is 68.7 Å². The van der Waals surface area contributed by atoms with Crippen molar-refractivity contribution in [2.45, 2.75) is 44.9 Å². The lowest BCUT2D eigenvalue weighted by atomic mass is 9.97. The molecule has 0 atom stereocenters. The first kappa shape index (κ1) is 17.3. The number of para-hydroxylation sites is 1. The summed E-state index contributed by atoms with van der Waals surface area (Å²) in [5.41, 5.74) is 4.20. The van der Waals surface area contributed by atoms with Crippen LogP contribution in [-0.4, -0.2) is 19.0 Å². The number of rotatable bonds is 5. The number of nitrogens with one attached hydrogen (secondary N) is 1. The van der Waals surface area contributed by atoms with Crippen molar-refractivity contribution in [2.75, 3.05) is 18.0 Å². The van der Waals surface area contributed by atoms with E-state index in [0.29, 0.717) is 0 Å². The van der Waals surface area contributed by atoms with Gasteiger partial charge in [-0.15, -0.1) is 11.3 Å². The first-order valence-electron chi connectivity index (χ1n) is 9.72. The molecule has 0 saturated heterocycles. The van der Waals surface area contributed by atoms with Crippen molar-refractivity contribution in [2.24, 2.45) is 0 Å². The number of hydrogen-bond acceptors (Lipinski definition) is 3. The highest BCUT2D eigenvalue weighted by Gasteiger charge is 2.20. The van der Waals surface area contributed by atoms with Gasteiger partial charge in [0.2, 0.25) is 0 Å². The Bertz CT molecular complexity index is 808. The Kier molecular flexibility index (Phi) is 5.40. The second-order valence-electron chi connectivity index (χ2n) is 7.14. The lowest BCUT2D eigenvalue weighted by Crippen LogP contribution is -2.24. The number of aryl methyl sites for hydroxylation is 1. The molecule has 136 valence electrons. The van der Waals surface area contributed by atoms with Gasteiger partial charge in [-0.1, -0.05) is 29.8 Å². The zero-order valence-corrected chi connectivity index (χ0v) is 16.0. The molecule has 1 aliphatic carbocycles. The maximum Gasteiger partial charge on any atom is 0.261 e. The Morgan fingerprint density at radius 3 is 2.88 bits per heavy atom. The SMILES string of the molecule is O=C(NCCC1=CCCCC1)c1ccc(N2CCCc3ccccc32)s1. The number of thiophene rings is 1. The minimum absolute atomic E-state index is 0.0583. The van der Waals surface area contributed by atoms with Crippen LogP contribution in [-0.2, 0) is 6.42 Å². The van der Waals surface area contributed by atoms with Crippen molar-refractivity contribution in [3.8, 4) is 0 Å². The van der Waals surface area contributed by atoms with Crippen molar-refractivity contribution >= 4 is 27.9 Å². The predicted molar refractivity (Wildman–Crippen MR) is 110 cm³/mol. The molecule has 0 bridgehead atoms. The minimum Gasteiger partial charge on any atom is -0.351 e. The summed E-state index contributed by atoms with van der Waals surface area (Å²) in [5, 5.41) is 4.26. The van der Waals surface area contributed by atoms with E-state index < -0.39 is 0 Å². The Labute approximate surface area is 159 Å². The molecule has 0 spiro atoms. The highest BCUT2D eigenvalue weighted by atomic mass is 32.1. The summed E-state index contributed by atoms with van der Waals surface area (Å²) in [6.07, 6.45) is 10.7. The monoisotopic (exact) mass is 366 g/mol. The third kappa shape index (κ3) is 3.85. The highest BCUT2D eigenvalue weighted by Crippen LogP contribution is 2.37. The van der Waals surface area contributed by atoms with Crippen LogP contribution in [0.25, 0.3) is 0 Å². The maximum atomic E-state index is 12.5. The maximum absolute atomic E-state index is 12.5. The van der Waals surface area contributed by atoms with Crippen LogP contribution < -0.4 is 10.2 Å². The fraction of sp³-hybridized carbons (Fsp3) is 0.409. The number of nitrogens with zero attached hydrogens (tertiary/aromatic N) is 1. The summed E-state index contributed by atoms with van der Waals surface area (Å²) in [4.78, 5) is 15.6. The van der Waals surface area contributed by atoms with Gasteiger partial charge < -0.3 is 10.2 Å². The Hall–Kier alpha value is -2.07. The van der Waals surface area contributed by atoms with Crippen molar-refractivity contribution in [3.63, 3.8) is 0 Å². The smallest absolute Gasteiger partial charge is 0.261 e. The molecular formula is C22H26N2OS. The fourth-order valence-electron chi connectivity index (χ4n) is 3.91. The van der Waals surface area contributed by atoms with Gasteiger partial charge in [-0.25, -0.2) is 0 Å². The van der Waals surface area contributed by atoms with Crippen molar-refractivity contribution in [1.82, 2.24) is 5.32 Å². The second kappa shape index (κ2) is 8.09. The first-order chi connectivity index (χ1) is 12.8. The first-order valence-corrected chi connectivity index (χ1v) is 10.5. The summed E-state index contributed by atoms with van der Waals surface area (Å²) >= 11 is 1.60. The molecule has 1 aromatic carbocycles. The number of allylic oxidation sites excluding steroid dienone is 1. The van der Waals surface area contributed by atoms with Crippen LogP contribution in [0.2, 0.25) is 0 Å². The summed E-state index contributed by atoms with van der Waals surface area (Å²) in [6, 6.07) is 12.7. The molecule has 1 aliphatic heterocycles. The number of benzene rings is 1. The lowest BCUT2D eigenvalue weighted by Gasteiger charge is -2.30. The molecule has 1 aromatic heterocycles. The zero-order valence-electron chi connectivity index (χ0n) is 15.2. The van der Waals surface area contributed by atoms with Crippen LogP contribution >= 0.6 is 11.3 Å². The van der Waals surface area contributed by atoms with Gasteiger partial charge in [0.25, 0.3) is 5.91 Å². The second-order valence-corrected chi connectivity index (χ2v) is 8.20. The minimum atomic E-state index is 0.0583. The fourth-order valence-corrected chi connectivity index (χ4v) is 4.87. The van der Waals surface area contributed by atoms with Crippen LogP contribution in [0.5, 0.6) is 0 Å². The van der Waals surface area contributed by atoms with Gasteiger partial charge in [-0.3, -0.25) is 4.79 Å². The Morgan fingerprint density at radius 2 is 2.00 bits per heavy atom. The molecule has 0 radical (unpaired) electrons. The standard InChI is InChI=1S/C22H26N2OS/c25-22(23-15-14-17-7-2-1-3-8-17)20-12-13-21(26-20)24-16-6-10-18-9-4-5-11-19(18)24/h4-5,7,9,11-13H,1-3,6,8,10,14-16H2,(H,23,25). The van der Waals surface area contributed by atoms with E-state index in [9.17, 15) is 4.79 Å². The van der Waals surface area contributed by atoms with Crippen molar-refractivity contribution in [1.29, 1.82) is 0 Å². The average molecular weight is 367 g/mol. The van der Waals surface area contributed by atoms with Crippen LogP contribution in [0.1, 0.15) is 53.8 Å². The van der Waals surface area contributed by atoms with Gasteiger partial charge in [0.15, 0.2) is 0 Å². The van der Waals surface area contributed by atoms with E-state index in [2.05, 4.69) is 46.6 Å². The number of carbonyl (C=O) groups excluding carboxylic acids is 1. The van der Waals surface area contributed by atoms with Gasteiger partial charge in [0.1, 0.15) is 0 Å². The number of carbonyl (C=O) groups is 1. The summed E-state index contributed by atoms with van der Waals surface area (Å²) in [5.74, 6) is 0.0583. The molecule has 2 aromatic rings. The highest BCUT2D eigenvalue weighted by molar-refractivity contribution is 7.18. The molecule has 4 rings (SSSR count). The number of amides is 1. The number of fused-ring (bicyclic) bond motifs is 1. The molecule has 0 fully saturated rings. The van der Waals surface area contributed by atoms with E-state index in [1.54, 1.807) is 11.3 Å². The van der Waals surface area contributed by atoms with Crippen molar-refractivity contribution in [3.05, 3.63) is 58.5 Å². The topological polar surface area (TPSA) is 32.3 Å². The van der Waals surface area contributed by atoms with Crippen LogP contribution in [0.4, 0.5) is 10.7 Å². The van der Waals surface area contributed by atoms with E-state index >= 15 is 0 Å². The third-order valence-corrected chi connectivity index (χ3v) is 6.42. The lowest BCUT2D eigenvalue weighted by molar-refractivity contribution is 0.0958. The molecule has 26 heavy (non-hydrogen) atoms. The summed E-state index contributed by atoms with van der Waals surface area (Å²) in [7, 11) is 0. The molecule has 2 heterocycles. The van der Waals surface area contributed by atoms with E-state index in [-0.39, 0.29) is 5.91 Å². The number of anilines is 2. The van der Waals surface area contributed by atoms with E-state index in [0.717, 1.165) is 42.2 Å². The predicted octanol–water partition coefficient (Wildman–Crippen LogP) is 5.45. The average Bonchev–Trinajstić information content (AvgIpc) is 3.18. The van der Waals surface area contributed by atoms with E-state index in [1.165, 1.54) is 42.5 Å². The summed E-state index contributed by atoms with van der Waals surface area (Å²) in [6.45, 7) is 1.76. The zero-order chi connectivity index (χ0) is 17.8. The molecule has 1 N–H and O–H groups in total. The van der Waals surface area contributed by atoms with Crippen LogP contribution in [0.15, 0.2) is 48.0 Å². The molecule has 1 amide bonds. The quantitative estimate of drug-likeness (QED) is 0.713. The molecule has 2 aliphatic rings. The normalized spacial score (nSPS) is 16.8. The molecule has 4 heteroatoms. The molecule has 0 saturated carbocycles.